The van der Waals surface area contributed by atoms with Gasteiger partial charge >= 0.3 is 0 Å². The Balaban J connectivity index is 2.10. The van der Waals surface area contributed by atoms with E-state index in [0.29, 0.717) is 22.0 Å². The quantitative estimate of drug-likeness (QED) is 0.409. The summed E-state index contributed by atoms with van der Waals surface area (Å²) >= 11 is 6.41. The first-order valence-electron chi connectivity index (χ1n) is 8.34. The van der Waals surface area contributed by atoms with Gasteiger partial charge in [0.2, 0.25) is 5.71 Å². The predicted molar refractivity (Wildman–Crippen MR) is 104 cm³/mol. The van der Waals surface area contributed by atoms with Crippen LogP contribution in [-0.2, 0) is 0 Å². The van der Waals surface area contributed by atoms with E-state index in [1.54, 1.807) is 19.2 Å². The van der Waals surface area contributed by atoms with Gasteiger partial charge in [-0.05, 0) is 66.9 Å². The Kier molecular flexibility index (Phi) is 4.32. The predicted octanol–water partition coefficient (Wildman–Crippen LogP) is 5.97. The van der Waals surface area contributed by atoms with Crippen LogP contribution in [0.2, 0.25) is 5.15 Å². The first-order valence-corrected chi connectivity index (χ1v) is 8.72. The van der Waals surface area contributed by atoms with E-state index in [1.165, 1.54) is 18.5 Å². The summed E-state index contributed by atoms with van der Waals surface area (Å²) in [5.74, 6) is 1.03. The molecular weight excluding hydrogens is 367 g/mol. The van der Waals surface area contributed by atoms with Crippen molar-refractivity contribution < 1.29 is 13.5 Å². The van der Waals surface area contributed by atoms with Crippen molar-refractivity contribution in [2.24, 2.45) is 0 Å². The number of halogens is 2. The number of benzene rings is 2. The lowest BCUT2D eigenvalue weighted by atomic mass is 9.92. The molecule has 6 heteroatoms. The summed E-state index contributed by atoms with van der Waals surface area (Å²) in [6.07, 6.45) is 1.36. The van der Waals surface area contributed by atoms with Crippen LogP contribution in [0.25, 0.3) is 33.6 Å². The molecule has 4 aromatic rings. The lowest BCUT2D eigenvalue weighted by Gasteiger charge is -2.13. The standard InChI is InChI=1S/C21H16ClFN2O2/c1-11-8-15(26-3)9-12(2)16(11)17-18-20(22)24-10-25-21(18)27-19(17)13-4-6-14(23)7-5-13/h4-10H,1-3H3. The summed E-state index contributed by atoms with van der Waals surface area (Å²) < 4.78 is 24.8. The molecule has 0 bridgehead atoms. The van der Waals surface area contributed by atoms with E-state index in [1.807, 2.05) is 26.0 Å². The minimum Gasteiger partial charge on any atom is -0.497 e. The number of aryl methyl sites for hydroxylation is 2. The lowest BCUT2D eigenvalue weighted by Crippen LogP contribution is -1.93. The monoisotopic (exact) mass is 382 g/mol. The molecule has 2 aromatic heterocycles. The maximum atomic E-state index is 13.4. The Labute approximate surface area is 160 Å². The molecule has 0 saturated carbocycles. The third-order valence-electron chi connectivity index (χ3n) is 4.54. The molecular formula is C21H16ClFN2O2. The third kappa shape index (κ3) is 2.94. The molecule has 2 aromatic carbocycles. The lowest BCUT2D eigenvalue weighted by molar-refractivity contribution is 0.414. The van der Waals surface area contributed by atoms with E-state index in [-0.39, 0.29) is 5.82 Å². The van der Waals surface area contributed by atoms with Crippen molar-refractivity contribution in [1.82, 2.24) is 9.97 Å². The van der Waals surface area contributed by atoms with Crippen LogP contribution in [-0.4, -0.2) is 17.1 Å². The summed E-state index contributed by atoms with van der Waals surface area (Å²) in [6.45, 7) is 3.99. The van der Waals surface area contributed by atoms with Gasteiger partial charge in [-0.25, -0.2) is 14.4 Å². The number of furan rings is 1. The minimum atomic E-state index is -0.314. The number of aromatic nitrogens is 2. The summed E-state index contributed by atoms with van der Waals surface area (Å²) in [7, 11) is 1.63. The molecule has 4 nitrogen and oxygen atoms in total. The molecule has 136 valence electrons. The average Bonchev–Trinajstić information content (AvgIpc) is 3.02. The van der Waals surface area contributed by atoms with Crippen LogP contribution in [0.15, 0.2) is 47.1 Å². The zero-order valence-corrected chi connectivity index (χ0v) is 15.8. The van der Waals surface area contributed by atoms with Crippen molar-refractivity contribution >= 4 is 22.7 Å². The van der Waals surface area contributed by atoms with E-state index in [4.69, 9.17) is 20.8 Å². The maximum absolute atomic E-state index is 13.4. The summed E-state index contributed by atoms with van der Waals surface area (Å²) in [6, 6.07) is 10.0. The fourth-order valence-electron chi connectivity index (χ4n) is 3.38. The molecule has 0 unspecified atom stereocenters. The van der Waals surface area contributed by atoms with Gasteiger partial charge in [0, 0.05) is 11.1 Å². The molecule has 0 atom stereocenters. The highest BCUT2D eigenvalue weighted by atomic mass is 35.5. The fraction of sp³-hybridized carbons (Fsp3) is 0.143. The van der Waals surface area contributed by atoms with Crippen molar-refractivity contribution in [1.29, 1.82) is 0 Å². The van der Waals surface area contributed by atoms with E-state index in [0.717, 1.165) is 33.6 Å². The molecule has 0 aliphatic rings. The molecule has 0 N–H and O–H groups in total. The molecule has 0 radical (unpaired) electrons. The van der Waals surface area contributed by atoms with Gasteiger partial charge in [-0.1, -0.05) is 11.6 Å². The van der Waals surface area contributed by atoms with Gasteiger partial charge in [0.15, 0.2) is 0 Å². The number of hydrogen-bond donors (Lipinski definition) is 0. The number of ether oxygens (including phenoxy) is 1. The molecule has 4 rings (SSSR count). The van der Waals surface area contributed by atoms with Crippen molar-refractivity contribution in [2.75, 3.05) is 7.11 Å². The zero-order chi connectivity index (χ0) is 19.1. The first kappa shape index (κ1) is 17.5. The fourth-order valence-corrected chi connectivity index (χ4v) is 3.60. The van der Waals surface area contributed by atoms with Crippen LogP contribution in [0.4, 0.5) is 4.39 Å². The van der Waals surface area contributed by atoms with Crippen molar-refractivity contribution in [2.45, 2.75) is 13.8 Å². The van der Waals surface area contributed by atoms with Gasteiger partial charge in [-0.2, -0.15) is 0 Å². The van der Waals surface area contributed by atoms with Gasteiger partial charge in [-0.15, -0.1) is 0 Å². The maximum Gasteiger partial charge on any atom is 0.231 e. The molecule has 0 fully saturated rings. The molecule has 0 amide bonds. The second kappa shape index (κ2) is 6.67. The Morgan fingerprint density at radius 3 is 2.30 bits per heavy atom. The summed E-state index contributed by atoms with van der Waals surface area (Å²) in [4.78, 5) is 8.34. The Bertz CT molecular complexity index is 1130. The van der Waals surface area contributed by atoms with Gasteiger partial charge in [-0.3, -0.25) is 0 Å². The van der Waals surface area contributed by atoms with Crippen LogP contribution in [0.3, 0.4) is 0 Å². The van der Waals surface area contributed by atoms with Crippen LogP contribution < -0.4 is 4.74 Å². The molecule has 27 heavy (non-hydrogen) atoms. The minimum absolute atomic E-state index is 0.307. The third-order valence-corrected chi connectivity index (χ3v) is 4.83. The van der Waals surface area contributed by atoms with Crippen molar-refractivity contribution in [3.05, 3.63) is 64.8 Å². The highest BCUT2D eigenvalue weighted by Crippen LogP contribution is 2.45. The van der Waals surface area contributed by atoms with E-state index >= 15 is 0 Å². The number of hydrogen-bond acceptors (Lipinski definition) is 4. The van der Waals surface area contributed by atoms with Crippen molar-refractivity contribution in [3.8, 4) is 28.2 Å². The average molecular weight is 383 g/mol. The van der Waals surface area contributed by atoms with E-state index < -0.39 is 0 Å². The number of methoxy groups -OCH3 is 1. The summed E-state index contributed by atoms with van der Waals surface area (Å²) in [5.41, 5.74) is 4.87. The van der Waals surface area contributed by atoms with Crippen molar-refractivity contribution in [3.63, 3.8) is 0 Å². The number of nitrogens with zero attached hydrogens (tertiary/aromatic N) is 2. The van der Waals surface area contributed by atoms with E-state index in [2.05, 4.69) is 9.97 Å². The Hall–Kier alpha value is -2.92. The van der Waals surface area contributed by atoms with Crippen LogP contribution >= 0.6 is 11.6 Å². The second-order valence-electron chi connectivity index (χ2n) is 6.29. The molecule has 0 spiro atoms. The SMILES string of the molecule is COc1cc(C)c(-c2c(-c3ccc(F)cc3)oc3ncnc(Cl)c23)c(C)c1. The van der Waals surface area contributed by atoms with Crippen LogP contribution in [0.1, 0.15) is 11.1 Å². The smallest absolute Gasteiger partial charge is 0.231 e. The highest BCUT2D eigenvalue weighted by molar-refractivity contribution is 6.35. The van der Waals surface area contributed by atoms with Crippen LogP contribution in [0.5, 0.6) is 5.75 Å². The molecule has 0 aliphatic carbocycles. The largest absolute Gasteiger partial charge is 0.497 e. The van der Waals surface area contributed by atoms with Gasteiger partial charge in [0.05, 0.1) is 12.5 Å². The van der Waals surface area contributed by atoms with Crippen LogP contribution in [0, 0.1) is 19.7 Å². The topological polar surface area (TPSA) is 48.2 Å². The first-order chi connectivity index (χ1) is 13.0. The van der Waals surface area contributed by atoms with E-state index in [9.17, 15) is 4.39 Å². The Morgan fingerprint density at radius 1 is 1.00 bits per heavy atom. The van der Waals surface area contributed by atoms with Gasteiger partial charge in [0.1, 0.15) is 28.8 Å². The normalized spacial score (nSPS) is 11.1. The van der Waals surface area contributed by atoms with Gasteiger partial charge < -0.3 is 9.15 Å². The second-order valence-corrected chi connectivity index (χ2v) is 6.65. The Morgan fingerprint density at radius 2 is 1.67 bits per heavy atom. The highest BCUT2D eigenvalue weighted by Gasteiger charge is 2.24. The number of fused-ring (bicyclic) bond motifs is 1. The molecule has 2 heterocycles. The van der Waals surface area contributed by atoms with Gasteiger partial charge in [0.25, 0.3) is 0 Å². The zero-order valence-electron chi connectivity index (χ0n) is 15.0. The summed E-state index contributed by atoms with van der Waals surface area (Å²) in [5, 5.41) is 0.941. The number of rotatable bonds is 3. The molecule has 0 aliphatic heterocycles. The molecule has 0 saturated heterocycles.